The third kappa shape index (κ3) is 3.57. The molecule has 0 saturated carbocycles. The zero-order valence-corrected chi connectivity index (χ0v) is 15.0. The number of fused-ring (bicyclic) bond motifs is 1. The van der Waals surface area contributed by atoms with Gasteiger partial charge < -0.3 is 14.2 Å². The average Bonchev–Trinajstić information content (AvgIpc) is 3.00. The minimum Gasteiger partial charge on any atom is -0.491 e. The van der Waals surface area contributed by atoms with Gasteiger partial charge in [-0.2, -0.15) is 0 Å². The first-order valence-electron chi connectivity index (χ1n) is 8.66. The lowest BCUT2D eigenvalue weighted by molar-refractivity contribution is -0.151. The fraction of sp³-hybridized carbons (Fsp3) is 0.333. The van der Waals surface area contributed by atoms with E-state index >= 15 is 0 Å². The molecule has 2 aromatic rings. The smallest absolute Gasteiger partial charge is 0.320 e. The summed E-state index contributed by atoms with van der Waals surface area (Å²) in [5, 5.41) is 0. The van der Waals surface area contributed by atoms with Gasteiger partial charge in [-0.3, -0.25) is 9.59 Å². The van der Waals surface area contributed by atoms with Crippen molar-refractivity contribution in [1.29, 1.82) is 0 Å². The molecule has 1 heterocycles. The fourth-order valence-electron chi connectivity index (χ4n) is 3.04. The Balaban J connectivity index is 1.77. The molecule has 1 unspecified atom stereocenters. The van der Waals surface area contributed by atoms with Crippen LogP contribution in [-0.4, -0.2) is 25.2 Å². The molecular formula is C21H22O5. The standard InChI is InChI=1S/C21H22O5/c1-3-24-18(22)12-16-10-7-11-17-19(16)26-14-21(17,2)20(23)25-13-15-8-5-4-6-9-15/h4-11H,3,12-14H2,1-2H3. The number of hydrogen-bond donors (Lipinski definition) is 0. The van der Waals surface area contributed by atoms with E-state index in [4.69, 9.17) is 14.2 Å². The number of para-hydroxylation sites is 1. The summed E-state index contributed by atoms with van der Waals surface area (Å²) in [6.07, 6.45) is 0.117. The normalized spacial score (nSPS) is 17.9. The Morgan fingerprint density at radius 1 is 1.08 bits per heavy atom. The molecule has 0 radical (unpaired) electrons. The molecule has 5 nitrogen and oxygen atoms in total. The maximum atomic E-state index is 12.7. The van der Waals surface area contributed by atoms with Crippen molar-refractivity contribution >= 4 is 11.9 Å². The molecule has 2 aromatic carbocycles. The minimum atomic E-state index is -0.894. The Morgan fingerprint density at radius 2 is 1.85 bits per heavy atom. The Labute approximate surface area is 152 Å². The lowest BCUT2D eigenvalue weighted by atomic mass is 9.83. The van der Waals surface area contributed by atoms with Crippen LogP contribution in [0.3, 0.4) is 0 Å². The van der Waals surface area contributed by atoms with Crippen LogP contribution in [0.15, 0.2) is 48.5 Å². The van der Waals surface area contributed by atoms with E-state index < -0.39 is 5.41 Å². The predicted molar refractivity (Wildman–Crippen MR) is 95.9 cm³/mol. The van der Waals surface area contributed by atoms with Crippen LogP contribution in [0.5, 0.6) is 5.75 Å². The molecule has 0 spiro atoms. The largest absolute Gasteiger partial charge is 0.491 e. The highest BCUT2D eigenvalue weighted by atomic mass is 16.5. The van der Waals surface area contributed by atoms with Gasteiger partial charge in [0.15, 0.2) is 0 Å². The van der Waals surface area contributed by atoms with E-state index in [1.54, 1.807) is 13.8 Å². The molecule has 0 saturated heterocycles. The number of rotatable bonds is 6. The Hall–Kier alpha value is -2.82. The van der Waals surface area contributed by atoms with Gasteiger partial charge in [0.2, 0.25) is 0 Å². The molecule has 1 aliphatic rings. The van der Waals surface area contributed by atoms with E-state index in [9.17, 15) is 9.59 Å². The summed E-state index contributed by atoms with van der Waals surface area (Å²) in [5.41, 5.74) is 1.51. The predicted octanol–water partition coefficient (Wildman–Crippen LogP) is 3.19. The molecule has 5 heteroatoms. The summed E-state index contributed by atoms with van der Waals surface area (Å²) in [5.74, 6) is -0.0714. The highest BCUT2D eigenvalue weighted by Gasteiger charge is 2.45. The Kier molecular flexibility index (Phi) is 5.26. The van der Waals surface area contributed by atoms with Crippen molar-refractivity contribution in [3.63, 3.8) is 0 Å². The molecule has 0 bridgehead atoms. The molecular weight excluding hydrogens is 332 g/mol. The third-order valence-electron chi connectivity index (χ3n) is 4.50. The van der Waals surface area contributed by atoms with E-state index in [1.807, 2.05) is 48.5 Å². The first-order chi connectivity index (χ1) is 12.5. The van der Waals surface area contributed by atoms with Gasteiger partial charge in [0, 0.05) is 11.1 Å². The lowest BCUT2D eigenvalue weighted by Crippen LogP contribution is -2.35. The summed E-state index contributed by atoms with van der Waals surface area (Å²) in [6, 6.07) is 15.0. The van der Waals surface area contributed by atoms with Crippen molar-refractivity contribution in [3.8, 4) is 5.75 Å². The van der Waals surface area contributed by atoms with Crippen LogP contribution in [0.1, 0.15) is 30.5 Å². The van der Waals surface area contributed by atoms with E-state index in [2.05, 4.69) is 0 Å². The van der Waals surface area contributed by atoms with Crippen LogP contribution in [0.2, 0.25) is 0 Å². The van der Waals surface area contributed by atoms with E-state index in [0.29, 0.717) is 12.4 Å². The van der Waals surface area contributed by atoms with Crippen LogP contribution in [-0.2, 0) is 37.5 Å². The Bertz CT molecular complexity index is 799. The van der Waals surface area contributed by atoms with Gasteiger partial charge in [0.1, 0.15) is 24.4 Å². The number of esters is 2. The molecule has 1 aliphatic heterocycles. The first-order valence-corrected chi connectivity index (χ1v) is 8.66. The maximum absolute atomic E-state index is 12.7. The molecule has 0 fully saturated rings. The average molecular weight is 354 g/mol. The molecule has 0 N–H and O–H groups in total. The molecule has 1 atom stereocenters. The molecule has 136 valence electrons. The quantitative estimate of drug-likeness (QED) is 0.746. The highest BCUT2D eigenvalue weighted by Crippen LogP contribution is 2.42. The number of ether oxygens (including phenoxy) is 3. The van der Waals surface area contributed by atoms with Crippen LogP contribution < -0.4 is 4.74 Å². The topological polar surface area (TPSA) is 61.8 Å². The van der Waals surface area contributed by atoms with Crippen molar-refractivity contribution in [2.24, 2.45) is 0 Å². The van der Waals surface area contributed by atoms with Gasteiger partial charge in [-0.05, 0) is 19.4 Å². The van der Waals surface area contributed by atoms with Crippen LogP contribution >= 0.6 is 0 Å². The van der Waals surface area contributed by atoms with Gasteiger partial charge in [-0.25, -0.2) is 0 Å². The summed E-state index contributed by atoms with van der Waals surface area (Å²) in [6.45, 7) is 4.31. The van der Waals surface area contributed by atoms with Gasteiger partial charge >= 0.3 is 11.9 Å². The lowest BCUT2D eigenvalue weighted by Gasteiger charge is -2.20. The van der Waals surface area contributed by atoms with Crippen LogP contribution in [0, 0.1) is 0 Å². The van der Waals surface area contributed by atoms with E-state index in [1.165, 1.54) is 0 Å². The number of hydrogen-bond acceptors (Lipinski definition) is 5. The van der Waals surface area contributed by atoms with E-state index in [0.717, 1.165) is 16.7 Å². The summed E-state index contributed by atoms with van der Waals surface area (Å²) in [4.78, 5) is 24.5. The molecule has 26 heavy (non-hydrogen) atoms. The molecule has 0 aromatic heterocycles. The zero-order chi connectivity index (χ0) is 18.6. The van der Waals surface area contributed by atoms with Gasteiger partial charge in [0.05, 0.1) is 13.0 Å². The molecule has 3 rings (SSSR count). The number of benzene rings is 2. The SMILES string of the molecule is CCOC(=O)Cc1cccc2c1OCC2(C)C(=O)OCc1ccccc1. The van der Waals surface area contributed by atoms with Crippen molar-refractivity contribution in [2.75, 3.05) is 13.2 Å². The van der Waals surface area contributed by atoms with Crippen molar-refractivity contribution < 1.29 is 23.8 Å². The summed E-state index contributed by atoms with van der Waals surface area (Å²) in [7, 11) is 0. The third-order valence-corrected chi connectivity index (χ3v) is 4.50. The van der Waals surface area contributed by atoms with Gasteiger partial charge in [-0.1, -0.05) is 48.5 Å². The van der Waals surface area contributed by atoms with Crippen molar-refractivity contribution in [2.45, 2.75) is 32.3 Å². The Morgan fingerprint density at radius 3 is 2.58 bits per heavy atom. The molecule has 0 amide bonds. The van der Waals surface area contributed by atoms with Crippen LogP contribution in [0.4, 0.5) is 0 Å². The minimum absolute atomic E-state index is 0.117. The van der Waals surface area contributed by atoms with E-state index in [-0.39, 0.29) is 31.6 Å². The highest BCUT2D eigenvalue weighted by molar-refractivity contribution is 5.86. The van der Waals surface area contributed by atoms with Crippen molar-refractivity contribution in [3.05, 3.63) is 65.2 Å². The molecule has 0 aliphatic carbocycles. The summed E-state index contributed by atoms with van der Waals surface area (Å²) < 4.78 is 16.3. The summed E-state index contributed by atoms with van der Waals surface area (Å²) >= 11 is 0. The van der Waals surface area contributed by atoms with Crippen LogP contribution in [0.25, 0.3) is 0 Å². The first kappa shape index (κ1) is 18.0. The number of carbonyl (C=O) groups excluding carboxylic acids is 2. The maximum Gasteiger partial charge on any atom is 0.320 e. The second-order valence-electron chi connectivity index (χ2n) is 6.46. The van der Waals surface area contributed by atoms with Gasteiger partial charge in [0.25, 0.3) is 0 Å². The monoisotopic (exact) mass is 354 g/mol. The fourth-order valence-corrected chi connectivity index (χ4v) is 3.04. The number of carbonyl (C=O) groups is 2. The second-order valence-corrected chi connectivity index (χ2v) is 6.46. The van der Waals surface area contributed by atoms with Gasteiger partial charge in [-0.15, -0.1) is 0 Å². The second kappa shape index (κ2) is 7.60. The zero-order valence-electron chi connectivity index (χ0n) is 15.0. The van der Waals surface area contributed by atoms with Crippen molar-refractivity contribution in [1.82, 2.24) is 0 Å².